The standard InChI is InChI=1S/C30H33N5O5/c1-38-22-12-8-9-20(17-22)29(30(37)31-21-10-4-5-11-21)35(26-18-23(39-2)15-16-27(26)40-3)28(36)19-34-25-14-7-6-13-24(25)32-33-34/h6-9,12-18,21,29H,4-5,10-11,19H2,1-3H3,(H,31,37). The Kier molecular flexibility index (Phi) is 8.14. The second kappa shape index (κ2) is 12.1. The molecule has 1 aliphatic carbocycles. The van der Waals surface area contributed by atoms with Gasteiger partial charge in [-0.1, -0.05) is 42.3 Å². The first kappa shape index (κ1) is 27.0. The summed E-state index contributed by atoms with van der Waals surface area (Å²) in [6.07, 6.45) is 3.91. The number of aromatic nitrogens is 3. The molecular formula is C30H33N5O5. The van der Waals surface area contributed by atoms with Crippen LogP contribution in [0.25, 0.3) is 11.0 Å². The maximum absolute atomic E-state index is 14.4. The predicted molar refractivity (Wildman–Crippen MR) is 151 cm³/mol. The van der Waals surface area contributed by atoms with Gasteiger partial charge in [-0.2, -0.15) is 0 Å². The minimum Gasteiger partial charge on any atom is -0.497 e. The monoisotopic (exact) mass is 543 g/mol. The lowest BCUT2D eigenvalue weighted by Gasteiger charge is -2.33. The third-order valence-electron chi connectivity index (χ3n) is 7.24. The number of hydrogen-bond acceptors (Lipinski definition) is 7. The molecule has 0 radical (unpaired) electrons. The van der Waals surface area contributed by atoms with Crippen LogP contribution in [0.5, 0.6) is 17.2 Å². The Labute approximate surface area is 232 Å². The number of methoxy groups -OCH3 is 3. The Morgan fingerprint density at radius 3 is 2.45 bits per heavy atom. The molecule has 1 heterocycles. The van der Waals surface area contributed by atoms with Crippen molar-refractivity contribution in [1.82, 2.24) is 20.3 Å². The minimum atomic E-state index is -1.03. The molecule has 10 nitrogen and oxygen atoms in total. The molecule has 0 saturated heterocycles. The molecule has 4 aromatic rings. The number of hydrogen-bond donors (Lipinski definition) is 1. The molecular weight excluding hydrogens is 510 g/mol. The summed E-state index contributed by atoms with van der Waals surface area (Å²) < 4.78 is 18.2. The van der Waals surface area contributed by atoms with Crippen molar-refractivity contribution in [1.29, 1.82) is 0 Å². The Bertz CT molecular complexity index is 1500. The lowest BCUT2D eigenvalue weighted by atomic mass is 10.0. The number of nitrogens with zero attached hydrogens (tertiary/aromatic N) is 4. The van der Waals surface area contributed by atoms with Crippen molar-refractivity contribution < 1.29 is 23.8 Å². The van der Waals surface area contributed by atoms with E-state index in [1.165, 1.54) is 16.7 Å². The number of nitrogens with one attached hydrogen (secondary N) is 1. The number of fused-ring (bicyclic) bond motifs is 1. The molecule has 1 aliphatic rings. The molecule has 10 heteroatoms. The number of amides is 2. The summed E-state index contributed by atoms with van der Waals surface area (Å²) in [4.78, 5) is 30.0. The molecule has 0 bridgehead atoms. The van der Waals surface area contributed by atoms with Crippen molar-refractivity contribution in [2.75, 3.05) is 26.2 Å². The largest absolute Gasteiger partial charge is 0.497 e. The van der Waals surface area contributed by atoms with Crippen molar-refractivity contribution in [3.63, 3.8) is 0 Å². The zero-order chi connectivity index (χ0) is 28.1. The van der Waals surface area contributed by atoms with Crippen LogP contribution in [-0.4, -0.2) is 54.2 Å². The lowest BCUT2D eigenvalue weighted by Crippen LogP contribution is -2.47. The zero-order valence-electron chi connectivity index (χ0n) is 22.9. The average Bonchev–Trinajstić information content (AvgIpc) is 3.65. The maximum Gasteiger partial charge on any atom is 0.249 e. The van der Waals surface area contributed by atoms with Gasteiger partial charge in [0.2, 0.25) is 11.8 Å². The quantitative estimate of drug-likeness (QED) is 0.318. The lowest BCUT2D eigenvalue weighted by molar-refractivity contribution is -0.127. The highest BCUT2D eigenvalue weighted by Crippen LogP contribution is 2.39. The van der Waals surface area contributed by atoms with Crippen molar-refractivity contribution in [3.8, 4) is 17.2 Å². The smallest absolute Gasteiger partial charge is 0.249 e. The number of carbonyl (C=O) groups is 2. The second-order valence-corrected chi connectivity index (χ2v) is 9.71. The van der Waals surface area contributed by atoms with E-state index in [4.69, 9.17) is 14.2 Å². The van der Waals surface area contributed by atoms with Crippen LogP contribution in [0.2, 0.25) is 0 Å². The molecule has 1 fully saturated rings. The summed E-state index contributed by atoms with van der Waals surface area (Å²) >= 11 is 0. The third kappa shape index (κ3) is 5.56. The molecule has 3 aromatic carbocycles. The summed E-state index contributed by atoms with van der Waals surface area (Å²) in [6, 6.07) is 18.8. The molecule has 0 aliphatic heterocycles. The van der Waals surface area contributed by atoms with E-state index in [1.807, 2.05) is 30.3 Å². The summed E-state index contributed by atoms with van der Waals surface area (Å²) in [5.41, 5.74) is 2.37. The van der Waals surface area contributed by atoms with Gasteiger partial charge in [0.1, 0.15) is 35.4 Å². The van der Waals surface area contributed by atoms with Gasteiger partial charge in [0.15, 0.2) is 0 Å². The van der Waals surface area contributed by atoms with E-state index in [2.05, 4.69) is 15.6 Å². The summed E-state index contributed by atoms with van der Waals surface area (Å²) in [5, 5.41) is 11.6. The summed E-state index contributed by atoms with van der Waals surface area (Å²) in [6.45, 7) is -0.155. The number of carbonyl (C=O) groups excluding carboxylic acids is 2. The van der Waals surface area contributed by atoms with Crippen LogP contribution < -0.4 is 24.4 Å². The van der Waals surface area contributed by atoms with Crippen LogP contribution in [0.4, 0.5) is 5.69 Å². The van der Waals surface area contributed by atoms with Gasteiger partial charge in [0.25, 0.3) is 0 Å². The molecule has 1 atom stereocenters. The number of anilines is 1. The molecule has 208 valence electrons. The first-order valence-electron chi connectivity index (χ1n) is 13.3. The maximum atomic E-state index is 14.4. The van der Waals surface area contributed by atoms with Gasteiger partial charge in [-0.25, -0.2) is 4.68 Å². The van der Waals surface area contributed by atoms with Gasteiger partial charge < -0.3 is 19.5 Å². The van der Waals surface area contributed by atoms with Gasteiger partial charge in [0.05, 0.1) is 32.5 Å². The van der Waals surface area contributed by atoms with Crippen LogP contribution in [0.1, 0.15) is 37.3 Å². The van der Waals surface area contributed by atoms with E-state index in [1.54, 1.807) is 50.6 Å². The van der Waals surface area contributed by atoms with Crippen molar-refractivity contribution in [2.24, 2.45) is 0 Å². The molecule has 0 spiro atoms. The van der Waals surface area contributed by atoms with E-state index in [-0.39, 0.29) is 24.4 Å². The average molecular weight is 544 g/mol. The van der Waals surface area contributed by atoms with E-state index < -0.39 is 6.04 Å². The highest BCUT2D eigenvalue weighted by atomic mass is 16.5. The third-order valence-corrected chi connectivity index (χ3v) is 7.24. The molecule has 1 N–H and O–H groups in total. The first-order valence-corrected chi connectivity index (χ1v) is 13.3. The van der Waals surface area contributed by atoms with Crippen LogP contribution in [0, 0.1) is 0 Å². The normalized spacial score (nSPS) is 14.1. The summed E-state index contributed by atoms with van der Waals surface area (Å²) in [5.74, 6) is 0.835. The van der Waals surface area contributed by atoms with Crippen molar-refractivity contribution in [2.45, 2.75) is 44.3 Å². The molecule has 1 unspecified atom stereocenters. The van der Waals surface area contributed by atoms with E-state index in [0.29, 0.717) is 39.5 Å². The van der Waals surface area contributed by atoms with Gasteiger partial charge in [-0.15, -0.1) is 5.10 Å². The molecule has 5 rings (SSSR count). The Balaban J connectivity index is 1.65. The second-order valence-electron chi connectivity index (χ2n) is 9.71. The summed E-state index contributed by atoms with van der Waals surface area (Å²) in [7, 11) is 4.64. The van der Waals surface area contributed by atoms with Crippen molar-refractivity contribution >= 4 is 28.5 Å². The fourth-order valence-electron chi connectivity index (χ4n) is 5.22. The Hall–Kier alpha value is -4.60. The first-order chi connectivity index (χ1) is 19.5. The molecule has 40 heavy (non-hydrogen) atoms. The fourth-order valence-corrected chi connectivity index (χ4v) is 5.22. The van der Waals surface area contributed by atoms with E-state index in [0.717, 1.165) is 25.7 Å². The molecule has 1 saturated carbocycles. The zero-order valence-corrected chi connectivity index (χ0v) is 22.9. The Morgan fingerprint density at radius 2 is 1.70 bits per heavy atom. The van der Waals surface area contributed by atoms with Gasteiger partial charge in [-0.05, 0) is 54.8 Å². The van der Waals surface area contributed by atoms with Crippen LogP contribution in [0.15, 0.2) is 66.7 Å². The highest BCUT2D eigenvalue weighted by molar-refractivity contribution is 6.03. The molecule has 1 aromatic heterocycles. The number of ether oxygens (including phenoxy) is 3. The fraction of sp³-hybridized carbons (Fsp3) is 0.333. The number of rotatable bonds is 10. The van der Waals surface area contributed by atoms with E-state index in [9.17, 15) is 9.59 Å². The predicted octanol–water partition coefficient (Wildman–Crippen LogP) is 4.29. The van der Waals surface area contributed by atoms with Crippen LogP contribution in [-0.2, 0) is 16.1 Å². The SMILES string of the molecule is COc1cccc(C(C(=O)NC2CCCC2)N(C(=O)Cn2nnc3ccccc32)c2cc(OC)ccc2OC)c1. The van der Waals surface area contributed by atoms with Gasteiger partial charge in [-0.3, -0.25) is 14.5 Å². The Morgan fingerprint density at radius 1 is 0.950 bits per heavy atom. The molecule has 2 amide bonds. The van der Waals surface area contributed by atoms with E-state index >= 15 is 0 Å². The van der Waals surface area contributed by atoms with Crippen molar-refractivity contribution in [3.05, 3.63) is 72.3 Å². The minimum absolute atomic E-state index is 0.0454. The van der Waals surface area contributed by atoms with Crippen LogP contribution >= 0.6 is 0 Å². The van der Waals surface area contributed by atoms with Gasteiger partial charge >= 0.3 is 0 Å². The number of para-hydroxylation sites is 1. The van der Waals surface area contributed by atoms with Crippen LogP contribution in [0.3, 0.4) is 0 Å². The van der Waals surface area contributed by atoms with Gasteiger partial charge in [0, 0.05) is 12.1 Å². The number of benzene rings is 3. The topological polar surface area (TPSA) is 108 Å². The highest BCUT2D eigenvalue weighted by Gasteiger charge is 2.36.